The first-order valence-electron chi connectivity index (χ1n) is 8.37. The number of rotatable bonds is 6. The van der Waals surface area contributed by atoms with Crippen LogP contribution in [0, 0.1) is 17.6 Å². The molecule has 2 aromatic heterocycles. The molecule has 1 aromatic carbocycles. The summed E-state index contributed by atoms with van der Waals surface area (Å²) in [6, 6.07) is 5.54. The van der Waals surface area contributed by atoms with Crippen LogP contribution < -0.4 is 5.32 Å². The number of hydrogen-bond acceptors (Lipinski definition) is 3. The van der Waals surface area contributed by atoms with E-state index in [1.54, 1.807) is 4.57 Å². The maximum absolute atomic E-state index is 13.5. The molecule has 0 bridgehead atoms. The zero-order chi connectivity index (χ0) is 19.6. The van der Waals surface area contributed by atoms with Crippen molar-refractivity contribution in [1.29, 1.82) is 0 Å². The van der Waals surface area contributed by atoms with Crippen LogP contribution in [0.15, 0.2) is 36.7 Å². The third-order valence-electron chi connectivity index (χ3n) is 3.86. The lowest BCUT2D eigenvalue weighted by Gasteiger charge is -2.09. The highest BCUT2D eigenvalue weighted by Crippen LogP contribution is 2.24. The van der Waals surface area contributed by atoms with Crippen LogP contribution in [0.4, 0.5) is 13.9 Å². The van der Waals surface area contributed by atoms with Crippen LogP contribution in [0.5, 0.6) is 0 Å². The second kappa shape index (κ2) is 8.19. The molecular formula is C19H18ClF2N3OS. The van der Waals surface area contributed by atoms with Crippen molar-refractivity contribution in [2.75, 3.05) is 5.32 Å². The van der Waals surface area contributed by atoms with Crippen LogP contribution in [0.1, 0.15) is 35.5 Å². The van der Waals surface area contributed by atoms with Crippen molar-refractivity contribution < 1.29 is 13.6 Å². The largest absolute Gasteiger partial charge is 0.339 e. The molecule has 8 heteroatoms. The highest BCUT2D eigenvalue weighted by molar-refractivity contribution is 7.19. The van der Waals surface area contributed by atoms with Crippen LogP contribution in [0.3, 0.4) is 0 Å². The SMILES string of the molecule is CC(C)Cc1cc(C(=O)Nc2ncc(Cl)s2)n(Cc2ccc(F)c(F)c2)c1. The number of thiazole rings is 1. The summed E-state index contributed by atoms with van der Waals surface area (Å²) in [6.45, 7) is 4.42. The van der Waals surface area contributed by atoms with Crippen LogP contribution in [0.25, 0.3) is 0 Å². The fourth-order valence-corrected chi connectivity index (χ4v) is 3.59. The second-order valence-electron chi connectivity index (χ2n) is 6.63. The topological polar surface area (TPSA) is 46.9 Å². The van der Waals surface area contributed by atoms with Crippen molar-refractivity contribution >= 4 is 34.0 Å². The summed E-state index contributed by atoms with van der Waals surface area (Å²) in [5, 5.41) is 3.12. The van der Waals surface area contributed by atoms with Gasteiger partial charge in [0.2, 0.25) is 0 Å². The van der Waals surface area contributed by atoms with E-state index >= 15 is 0 Å². The number of carbonyl (C=O) groups is 1. The Morgan fingerprint density at radius 1 is 1.26 bits per heavy atom. The third kappa shape index (κ3) is 4.93. The minimum Gasteiger partial charge on any atom is -0.339 e. The quantitative estimate of drug-likeness (QED) is 0.594. The fraction of sp³-hybridized carbons (Fsp3) is 0.263. The van der Waals surface area contributed by atoms with Crippen molar-refractivity contribution in [3.05, 3.63) is 69.5 Å². The predicted molar refractivity (Wildman–Crippen MR) is 104 cm³/mol. The molecule has 3 aromatic rings. The number of nitrogens with zero attached hydrogens (tertiary/aromatic N) is 2. The van der Waals surface area contributed by atoms with Gasteiger partial charge in [0.25, 0.3) is 5.91 Å². The minimum absolute atomic E-state index is 0.247. The van der Waals surface area contributed by atoms with Crippen molar-refractivity contribution in [2.45, 2.75) is 26.8 Å². The Morgan fingerprint density at radius 2 is 2.04 bits per heavy atom. The van der Waals surface area contributed by atoms with Crippen molar-refractivity contribution in [1.82, 2.24) is 9.55 Å². The maximum atomic E-state index is 13.5. The van der Waals surface area contributed by atoms with Gasteiger partial charge in [-0.15, -0.1) is 0 Å². The summed E-state index contributed by atoms with van der Waals surface area (Å²) in [5.74, 6) is -1.73. The molecule has 0 atom stereocenters. The molecule has 0 aliphatic carbocycles. The summed E-state index contributed by atoms with van der Waals surface area (Å²) < 4.78 is 28.9. The molecule has 0 spiro atoms. The standard InChI is InChI=1S/C19H18ClF2N3OS/c1-11(2)5-13-7-16(18(26)24-19-23-8-17(20)27-19)25(10-13)9-12-3-4-14(21)15(22)6-12/h3-4,6-8,10-11H,5,9H2,1-2H3,(H,23,24,26). The average Bonchev–Trinajstić information content (AvgIpc) is 3.16. The molecule has 4 nitrogen and oxygen atoms in total. The number of halogens is 3. The van der Waals surface area contributed by atoms with Gasteiger partial charge < -0.3 is 4.57 Å². The fourth-order valence-electron chi connectivity index (χ4n) is 2.78. The number of carbonyl (C=O) groups excluding carboxylic acids is 1. The smallest absolute Gasteiger partial charge is 0.274 e. The Bertz CT molecular complexity index is 968. The van der Waals surface area contributed by atoms with E-state index in [4.69, 9.17) is 11.6 Å². The molecule has 0 saturated carbocycles. The molecule has 3 rings (SSSR count). The molecule has 1 amide bonds. The number of amides is 1. The van der Waals surface area contributed by atoms with E-state index < -0.39 is 11.6 Å². The van der Waals surface area contributed by atoms with Crippen LogP contribution in [-0.4, -0.2) is 15.5 Å². The first kappa shape index (κ1) is 19.5. The molecular weight excluding hydrogens is 392 g/mol. The Morgan fingerprint density at radius 3 is 2.67 bits per heavy atom. The molecule has 0 unspecified atom stereocenters. The van der Waals surface area contributed by atoms with E-state index in [-0.39, 0.29) is 12.5 Å². The van der Waals surface area contributed by atoms with Gasteiger partial charge in [0, 0.05) is 12.7 Å². The van der Waals surface area contributed by atoms with Crippen molar-refractivity contribution in [3.63, 3.8) is 0 Å². The molecule has 1 N–H and O–H groups in total. The van der Waals surface area contributed by atoms with Gasteiger partial charge in [-0.25, -0.2) is 13.8 Å². The summed E-state index contributed by atoms with van der Waals surface area (Å²) >= 11 is 7.01. The lowest BCUT2D eigenvalue weighted by Crippen LogP contribution is -2.17. The van der Waals surface area contributed by atoms with E-state index in [0.717, 1.165) is 35.5 Å². The molecule has 0 saturated heterocycles. The average molecular weight is 410 g/mol. The van der Waals surface area contributed by atoms with Crippen molar-refractivity contribution in [3.8, 4) is 0 Å². The maximum Gasteiger partial charge on any atom is 0.274 e. The van der Waals surface area contributed by atoms with Gasteiger partial charge in [0.15, 0.2) is 16.8 Å². The predicted octanol–water partition coefficient (Wildman–Crippen LogP) is 5.38. The number of hydrogen-bond donors (Lipinski definition) is 1. The van der Waals surface area contributed by atoms with Gasteiger partial charge in [-0.1, -0.05) is 42.9 Å². The molecule has 0 aliphatic rings. The molecule has 142 valence electrons. The van der Waals surface area contributed by atoms with Crippen LogP contribution in [-0.2, 0) is 13.0 Å². The molecule has 0 radical (unpaired) electrons. The minimum atomic E-state index is -0.912. The summed E-state index contributed by atoms with van der Waals surface area (Å²) in [5.41, 5.74) is 1.98. The summed E-state index contributed by atoms with van der Waals surface area (Å²) in [7, 11) is 0. The Balaban J connectivity index is 1.89. The molecule has 2 heterocycles. The Kier molecular flexibility index (Phi) is 5.92. The van der Waals surface area contributed by atoms with Gasteiger partial charge >= 0.3 is 0 Å². The van der Waals surface area contributed by atoms with E-state index in [9.17, 15) is 13.6 Å². The molecule has 0 aliphatic heterocycles. The van der Waals surface area contributed by atoms with Gasteiger partial charge in [-0.05, 0) is 41.7 Å². The first-order chi connectivity index (χ1) is 12.8. The second-order valence-corrected chi connectivity index (χ2v) is 8.29. The molecule has 0 fully saturated rings. The summed E-state index contributed by atoms with van der Waals surface area (Å²) in [6.07, 6.45) is 4.13. The highest BCUT2D eigenvalue weighted by atomic mass is 35.5. The van der Waals surface area contributed by atoms with E-state index in [2.05, 4.69) is 24.1 Å². The number of anilines is 1. The lowest BCUT2D eigenvalue weighted by atomic mass is 10.1. The van der Waals surface area contributed by atoms with Gasteiger partial charge in [-0.2, -0.15) is 0 Å². The van der Waals surface area contributed by atoms with E-state index in [0.29, 0.717) is 26.6 Å². The van der Waals surface area contributed by atoms with Crippen molar-refractivity contribution in [2.24, 2.45) is 5.92 Å². The van der Waals surface area contributed by atoms with Crippen LogP contribution in [0.2, 0.25) is 4.34 Å². The Hall–Kier alpha value is -2.25. The van der Waals surface area contributed by atoms with Gasteiger partial charge in [-0.3, -0.25) is 10.1 Å². The third-order valence-corrected chi connectivity index (χ3v) is 4.89. The normalized spacial score (nSPS) is 11.2. The monoisotopic (exact) mass is 409 g/mol. The summed E-state index contributed by atoms with van der Waals surface area (Å²) in [4.78, 5) is 16.7. The number of nitrogens with one attached hydrogen (secondary N) is 1. The first-order valence-corrected chi connectivity index (χ1v) is 9.57. The lowest BCUT2D eigenvalue weighted by molar-refractivity contribution is 0.101. The molecule has 27 heavy (non-hydrogen) atoms. The highest BCUT2D eigenvalue weighted by Gasteiger charge is 2.17. The van der Waals surface area contributed by atoms with Gasteiger partial charge in [0.1, 0.15) is 10.0 Å². The number of benzene rings is 1. The number of aromatic nitrogens is 2. The zero-order valence-corrected chi connectivity index (χ0v) is 16.4. The Labute approximate surface area is 164 Å². The zero-order valence-electron chi connectivity index (χ0n) is 14.8. The van der Waals surface area contributed by atoms with E-state index in [1.807, 2.05) is 12.3 Å². The van der Waals surface area contributed by atoms with E-state index in [1.165, 1.54) is 12.3 Å². The van der Waals surface area contributed by atoms with Gasteiger partial charge in [0.05, 0.1) is 6.20 Å². The van der Waals surface area contributed by atoms with Crippen LogP contribution >= 0.6 is 22.9 Å².